The Morgan fingerprint density at radius 1 is 0.629 bits per heavy atom. The Morgan fingerprint density at radius 2 is 1.31 bits per heavy atom. The summed E-state index contributed by atoms with van der Waals surface area (Å²) in [7, 11) is 0. The summed E-state index contributed by atoms with van der Waals surface area (Å²) in [5.41, 5.74) is 11.5. The summed E-state index contributed by atoms with van der Waals surface area (Å²) in [5.74, 6) is 1.32. The molecule has 296 valence electrons. The number of benzene rings is 7. The van der Waals surface area contributed by atoms with Gasteiger partial charge in [-0.05, 0) is 58.2 Å². The maximum atomic E-state index is 5.23. The van der Waals surface area contributed by atoms with Crippen molar-refractivity contribution in [2.75, 3.05) is 0 Å². The van der Waals surface area contributed by atoms with E-state index in [9.17, 15) is 0 Å². The van der Waals surface area contributed by atoms with Crippen molar-refractivity contribution in [2.45, 2.75) is 6.17 Å². The first-order valence-corrected chi connectivity index (χ1v) is 21.5. The number of aliphatic imine (C=N–C) groups is 2. The lowest BCUT2D eigenvalue weighted by Crippen LogP contribution is -2.33. The van der Waals surface area contributed by atoms with Crippen LogP contribution in [0.5, 0.6) is 0 Å². The number of hydrogen-bond donors (Lipinski definition) is 1. The van der Waals surface area contributed by atoms with Gasteiger partial charge in [0.15, 0.2) is 5.84 Å². The van der Waals surface area contributed by atoms with E-state index in [-0.39, 0.29) is 6.17 Å². The smallest absolute Gasteiger partial charge is 0.152 e. The van der Waals surface area contributed by atoms with E-state index in [4.69, 9.17) is 9.98 Å². The second kappa shape index (κ2) is 16.7. The van der Waals surface area contributed by atoms with Crippen molar-refractivity contribution in [3.05, 3.63) is 248 Å². The van der Waals surface area contributed by atoms with Gasteiger partial charge in [-0.1, -0.05) is 196 Å². The van der Waals surface area contributed by atoms with Gasteiger partial charge in [0, 0.05) is 42.9 Å². The molecule has 1 aliphatic rings. The van der Waals surface area contributed by atoms with Crippen molar-refractivity contribution in [1.29, 1.82) is 0 Å². The van der Waals surface area contributed by atoms with Gasteiger partial charge in [0.1, 0.15) is 12.0 Å². The van der Waals surface area contributed by atoms with Gasteiger partial charge in [0.2, 0.25) is 0 Å². The van der Waals surface area contributed by atoms with Crippen molar-refractivity contribution < 1.29 is 0 Å². The lowest BCUT2D eigenvalue weighted by atomic mass is 9.91. The SMILES string of the molecule is C=C/C=C(\C=C)c1cc(C2=NC(/C=C/C=C(\C=C)c3ccccc3)=NC(c3ccccc3)N2)cc(-c2ccccc2)c1-n1c2ccccc2c2ccc3c4ccccc4sc3c21. The van der Waals surface area contributed by atoms with Gasteiger partial charge >= 0.3 is 0 Å². The fourth-order valence-corrected chi connectivity index (χ4v) is 9.81. The molecule has 10 rings (SSSR count). The van der Waals surface area contributed by atoms with Crippen LogP contribution in [0.3, 0.4) is 0 Å². The standard InChI is InChI=1S/C57H42N4S/c1-4-21-39(6-3)48-36-43(57-59-52(58-56(60-57)42-26-14-9-15-27-42)33-20-28-38(5-2)40-22-10-7-11-23-40)37-49(41-24-12-8-13-25-41)53(48)61-50-31-18-16-29-44(50)46-34-35-47-45-30-17-19-32-51(45)62-55(47)54(46)61/h4-37,56H,1-3H2,(H,58,59,60)/b33-20+,38-28+,39-21+. The lowest BCUT2D eigenvalue weighted by Gasteiger charge is -2.25. The number of aromatic nitrogens is 1. The summed E-state index contributed by atoms with van der Waals surface area (Å²) >= 11 is 1.85. The highest BCUT2D eigenvalue weighted by atomic mass is 32.1. The number of fused-ring (bicyclic) bond motifs is 7. The lowest BCUT2D eigenvalue weighted by molar-refractivity contribution is 0.675. The average molecular weight is 815 g/mol. The molecule has 1 atom stereocenters. The molecule has 0 fully saturated rings. The average Bonchev–Trinajstić information content (AvgIpc) is 3.88. The number of nitrogens with one attached hydrogen (secondary N) is 1. The molecule has 0 amide bonds. The largest absolute Gasteiger partial charge is 0.344 e. The number of allylic oxidation sites excluding steroid dienone is 8. The highest BCUT2D eigenvalue weighted by Crippen LogP contribution is 2.46. The Hall–Kier alpha value is -7.86. The summed E-state index contributed by atoms with van der Waals surface area (Å²) in [5, 5.41) is 8.64. The minimum atomic E-state index is -0.371. The number of thiophene rings is 1. The van der Waals surface area contributed by atoms with Crippen LogP contribution in [0.15, 0.2) is 236 Å². The van der Waals surface area contributed by atoms with E-state index in [2.05, 4.69) is 163 Å². The Balaban J connectivity index is 1.25. The quantitative estimate of drug-likeness (QED) is 0.130. The van der Waals surface area contributed by atoms with Crippen LogP contribution in [0.4, 0.5) is 0 Å². The van der Waals surface area contributed by atoms with E-state index in [1.807, 2.05) is 84.2 Å². The Labute approximate surface area is 365 Å². The van der Waals surface area contributed by atoms with Gasteiger partial charge in [0.05, 0.1) is 21.4 Å². The summed E-state index contributed by atoms with van der Waals surface area (Å²) in [6.07, 6.45) is 13.3. The molecule has 5 heteroatoms. The molecule has 2 aromatic heterocycles. The van der Waals surface area contributed by atoms with E-state index in [0.29, 0.717) is 11.7 Å². The van der Waals surface area contributed by atoms with Crippen LogP contribution < -0.4 is 5.32 Å². The van der Waals surface area contributed by atoms with Crippen LogP contribution in [0, 0.1) is 0 Å². The zero-order chi connectivity index (χ0) is 42.0. The molecule has 9 aromatic rings. The van der Waals surface area contributed by atoms with Crippen molar-refractivity contribution in [1.82, 2.24) is 9.88 Å². The number of rotatable bonds is 11. The molecule has 0 radical (unpaired) electrons. The number of hydrogen-bond acceptors (Lipinski definition) is 4. The van der Waals surface area contributed by atoms with Gasteiger partial charge in [-0.2, -0.15) is 0 Å². The van der Waals surface area contributed by atoms with Crippen LogP contribution >= 0.6 is 11.3 Å². The first-order valence-electron chi connectivity index (χ1n) is 20.7. The highest BCUT2D eigenvalue weighted by Gasteiger charge is 2.26. The second-order valence-corrected chi connectivity index (χ2v) is 16.1. The van der Waals surface area contributed by atoms with Crippen LogP contribution in [0.25, 0.3) is 69.9 Å². The van der Waals surface area contributed by atoms with Gasteiger partial charge in [-0.15, -0.1) is 11.3 Å². The zero-order valence-electron chi connectivity index (χ0n) is 34.1. The topological polar surface area (TPSA) is 41.7 Å². The number of para-hydroxylation sites is 1. The van der Waals surface area contributed by atoms with Gasteiger partial charge in [-0.25, -0.2) is 9.98 Å². The molecule has 0 aliphatic carbocycles. The molecule has 0 saturated heterocycles. The third kappa shape index (κ3) is 6.94. The molecule has 4 nitrogen and oxygen atoms in total. The fraction of sp³-hybridized carbons (Fsp3) is 0.0175. The molecule has 3 heterocycles. The van der Waals surface area contributed by atoms with Crippen LogP contribution in [-0.4, -0.2) is 16.2 Å². The first-order chi connectivity index (χ1) is 30.6. The van der Waals surface area contributed by atoms with E-state index >= 15 is 0 Å². The Bertz CT molecular complexity index is 3360. The molecular formula is C57H42N4S. The minimum Gasteiger partial charge on any atom is -0.344 e. The monoisotopic (exact) mass is 814 g/mol. The molecule has 0 saturated carbocycles. The van der Waals surface area contributed by atoms with Crippen molar-refractivity contribution in [3.8, 4) is 16.8 Å². The fourth-order valence-electron chi connectivity index (χ4n) is 8.57. The van der Waals surface area contributed by atoms with Crippen molar-refractivity contribution in [2.24, 2.45) is 9.98 Å². The van der Waals surface area contributed by atoms with E-state index in [1.54, 1.807) is 0 Å². The number of amidine groups is 2. The maximum Gasteiger partial charge on any atom is 0.152 e. The van der Waals surface area contributed by atoms with E-state index in [1.165, 1.54) is 36.5 Å². The van der Waals surface area contributed by atoms with Gasteiger partial charge < -0.3 is 9.88 Å². The molecule has 1 unspecified atom stereocenters. The number of nitrogens with zero attached hydrogens (tertiary/aromatic N) is 3. The van der Waals surface area contributed by atoms with Crippen LogP contribution in [0.1, 0.15) is 28.4 Å². The molecule has 1 aliphatic heterocycles. The normalized spacial score (nSPS) is 14.6. The van der Waals surface area contributed by atoms with Gasteiger partial charge in [-0.3, -0.25) is 0 Å². The van der Waals surface area contributed by atoms with Crippen molar-refractivity contribution in [3.63, 3.8) is 0 Å². The molecule has 62 heavy (non-hydrogen) atoms. The zero-order valence-corrected chi connectivity index (χ0v) is 34.9. The summed E-state index contributed by atoms with van der Waals surface area (Å²) in [4.78, 5) is 10.3. The Morgan fingerprint density at radius 3 is 2.06 bits per heavy atom. The third-order valence-corrected chi connectivity index (χ3v) is 12.6. The summed E-state index contributed by atoms with van der Waals surface area (Å²) in [6, 6.07) is 57.8. The predicted octanol–water partition coefficient (Wildman–Crippen LogP) is 14.8. The van der Waals surface area contributed by atoms with Crippen LogP contribution in [-0.2, 0) is 0 Å². The third-order valence-electron chi connectivity index (χ3n) is 11.4. The van der Waals surface area contributed by atoms with E-state index in [0.717, 1.165) is 55.7 Å². The van der Waals surface area contributed by atoms with Crippen LogP contribution in [0.2, 0.25) is 0 Å². The summed E-state index contributed by atoms with van der Waals surface area (Å²) < 4.78 is 5.00. The molecule has 1 N–H and O–H groups in total. The Kier molecular flexibility index (Phi) is 10.3. The predicted molar refractivity (Wildman–Crippen MR) is 268 cm³/mol. The van der Waals surface area contributed by atoms with E-state index < -0.39 is 0 Å². The molecule has 7 aromatic carbocycles. The maximum absolute atomic E-state index is 5.23. The highest BCUT2D eigenvalue weighted by molar-refractivity contribution is 7.26. The second-order valence-electron chi connectivity index (χ2n) is 15.1. The molecule has 0 spiro atoms. The minimum absolute atomic E-state index is 0.371. The summed E-state index contributed by atoms with van der Waals surface area (Å²) in [6.45, 7) is 12.6. The van der Waals surface area contributed by atoms with Crippen molar-refractivity contribution >= 4 is 76.1 Å². The van der Waals surface area contributed by atoms with Gasteiger partial charge in [0.25, 0.3) is 0 Å². The first kappa shape index (κ1) is 38.3. The molecule has 0 bridgehead atoms. The molecular weight excluding hydrogens is 773 g/mol.